The Morgan fingerprint density at radius 1 is 0.842 bits per heavy atom. The molecule has 0 saturated heterocycles. The van der Waals surface area contributed by atoms with Crippen LogP contribution in [-0.2, 0) is 0 Å². The van der Waals surface area contributed by atoms with Gasteiger partial charge in [0.25, 0.3) is 0 Å². The smallest absolute Gasteiger partial charge is 0.0150 e. The van der Waals surface area contributed by atoms with Crippen LogP contribution in [0.1, 0.15) is 30.4 Å². The van der Waals surface area contributed by atoms with Gasteiger partial charge in [0.15, 0.2) is 0 Å². The van der Waals surface area contributed by atoms with Crippen LogP contribution < -0.4 is 0 Å². The highest BCUT2D eigenvalue weighted by Crippen LogP contribution is 2.34. The van der Waals surface area contributed by atoms with E-state index in [-0.39, 0.29) is 0 Å². The van der Waals surface area contributed by atoms with Gasteiger partial charge in [0.2, 0.25) is 0 Å². The van der Waals surface area contributed by atoms with Crippen LogP contribution in [0.5, 0.6) is 0 Å². The molecule has 0 aromatic heterocycles. The van der Waals surface area contributed by atoms with Crippen LogP contribution in [-0.4, -0.2) is 0 Å². The molecule has 0 spiro atoms. The van der Waals surface area contributed by atoms with Crippen LogP contribution in [0.2, 0.25) is 0 Å². The molecule has 0 radical (unpaired) electrons. The molecule has 0 bridgehead atoms. The fraction of sp³-hybridized carbons (Fsp3) is 0.158. The fourth-order valence-corrected chi connectivity index (χ4v) is 3.12. The largest absolute Gasteiger partial charge is 0.0833 e. The van der Waals surface area contributed by atoms with E-state index in [1.807, 2.05) is 0 Å². The van der Waals surface area contributed by atoms with Crippen LogP contribution in [0.25, 0.3) is 27.6 Å². The van der Waals surface area contributed by atoms with Crippen LogP contribution in [0, 0.1) is 0 Å². The Balaban J connectivity index is 2.08. The van der Waals surface area contributed by atoms with Crippen LogP contribution in [0.15, 0.2) is 54.6 Å². The molecule has 0 heterocycles. The Bertz CT molecular complexity index is 809. The maximum atomic E-state index is 2.38. The zero-order valence-corrected chi connectivity index (χ0v) is 11.1. The summed E-state index contributed by atoms with van der Waals surface area (Å²) in [6, 6.07) is 17.9. The second-order valence-electron chi connectivity index (χ2n) is 5.57. The number of rotatable bonds is 0. The second-order valence-corrected chi connectivity index (χ2v) is 5.57. The average molecular weight is 244 g/mol. The molecule has 0 nitrogen and oxygen atoms in total. The van der Waals surface area contributed by atoms with Gasteiger partial charge < -0.3 is 0 Å². The fourth-order valence-electron chi connectivity index (χ4n) is 3.12. The predicted molar refractivity (Wildman–Crippen MR) is 83.5 cm³/mol. The summed E-state index contributed by atoms with van der Waals surface area (Å²) in [5.74, 6) is 0.635. The first-order chi connectivity index (χ1) is 9.31. The minimum absolute atomic E-state index is 0.635. The first-order valence-electron chi connectivity index (χ1n) is 6.94. The van der Waals surface area contributed by atoms with Gasteiger partial charge in [-0.2, -0.15) is 0 Å². The predicted octanol–water partition coefficient (Wildman–Crippen LogP) is 5.51. The summed E-state index contributed by atoms with van der Waals surface area (Å²) >= 11 is 0. The van der Waals surface area contributed by atoms with Crippen LogP contribution >= 0.6 is 0 Å². The molecule has 4 rings (SSSR count). The zero-order chi connectivity index (χ0) is 12.8. The molecule has 0 N–H and O–H groups in total. The molecule has 1 unspecified atom stereocenters. The van der Waals surface area contributed by atoms with E-state index in [1.165, 1.54) is 32.7 Å². The van der Waals surface area contributed by atoms with Gasteiger partial charge >= 0.3 is 0 Å². The van der Waals surface area contributed by atoms with E-state index >= 15 is 0 Å². The standard InChI is InChI=1S/C19H16/c1-13-5-4-8-16-11-17-9-14-6-2-3-7-15(14)10-18(17)12-19(13)16/h2-4,6-13H,5H2,1H3. The lowest BCUT2D eigenvalue weighted by Crippen LogP contribution is -1.99. The van der Waals surface area contributed by atoms with Gasteiger partial charge in [0, 0.05) is 0 Å². The molecule has 0 saturated carbocycles. The number of allylic oxidation sites excluding steroid dienone is 1. The lowest BCUT2D eigenvalue weighted by molar-refractivity contribution is 0.773. The minimum atomic E-state index is 0.635. The summed E-state index contributed by atoms with van der Waals surface area (Å²) < 4.78 is 0. The van der Waals surface area contributed by atoms with Crippen molar-refractivity contribution >= 4 is 27.6 Å². The first kappa shape index (κ1) is 10.8. The van der Waals surface area contributed by atoms with Gasteiger partial charge in [-0.05, 0) is 63.2 Å². The van der Waals surface area contributed by atoms with Crippen molar-refractivity contribution in [2.75, 3.05) is 0 Å². The molecule has 0 heteroatoms. The van der Waals surface area contributed by atoms with Gasteiger partial charge in [-0.15, -0.1) is 0 Å². The monoisotopic (exact) mass is 244 g/mol. The van der Waals surface area contributed by atoms with E-state index in [4.69, 9.17) is 0 Å². The second kappa shape index (κ2) is 3.96. The summed E-state index contributed by atoms with van der Waals surface area (Å²) in [6.07, 6.45) is 5.72. The lowest BCUT2D eigenvalue weighted by atomic mass is 9.86. The van der Waals surface area contributed by atoms with Gasteiger partial charge in [-0.25, -0.2) is 0 Å². The molecule has 92 valence electrons. The summed E-state index contributed by atoms with van der Waals surface area (Å²) in [4.78, 5) is 0. The Labute approximate surface area is 113 Å². The number of benzene rings is 3. The van der Waals surface area contributed by atoms with Crippen molar-refractivity contribution < 1.29 is 0 Å². The normalized spacial score (nSPS) is 17.8. The highest BCUT2D eigenvalue weighted by molar-refractivity contribution is 5.99. The van der Waals surface area contributed by atoms with Crippen LogP contribution in [0.3, 0.4) is 0 Å². The molecule has 0 aliphatic heterocycles. The van der Waals surface area contributed by atoms with E-state index in [0.717, 1.165) is 6.42 Å². The van der Waals surface area contributed by atoms with Crippen molar-refractivity contribution in [3.63, 3.8) is 0 Å². The van der Waals surface area contributed by atoms with Gasteiger partial charge in [-0.3, -0.25) is 0 Å². The zero-order valence-electron chi connectivity index (χ0n) is 11.1. The lowest BCUT2D eigenvalue weighted by Gasteiger charge is -2.18. The molecule has 1 aliphatic carbocycles. The molecule has 1 atom stereocenters. The molecule has 19 heavy (non-hydrogen) atoms. The molecule has 3 aromatic rings. The van der Waals surface area contributed by atoms with Gasteiger partial charge in [-0.1, -0.05) is 49.4 Å². The molecule has 0 fully saturated rings. The van der Waals surface area contributed by atoms with E-state index in [2.05, 4.69) is 67.6 Å². The molecule has 3 aromatic carbocycles. The van der Waals surface area contributed by atoms with Crippen molar-refractivity contribution in [2.24, 2.45) is 0 Å². The Morgan fingerprint density at radius 2 is 1.53 bits per heavy atom. The summed E-state index contributed by atoms with van der Waals surface area (Å²) in [7, 11) is 0. The molecule has 0 amide bonds. The van der Waals surface area contributed by atoms with Crippen molar-refractivity contribution in [2.45, 2.75) is 19.3 Å². The van der Waals surface area contributed by atoms with E-state index in [1.54, 1.807) is 0 Å². The van der Waals surface area contributed by atoms with Crippen molar-refractivity contribution in [3.8, 4) is 0 Å². The number of fused-ring (bicyclic) bond motifs is 3. The Morgan fingerprint density at radius 3 is 2.26 bits per heavy atom. The molecule has 1 aliphatic rings. The van der Waals surface area contributed by atoms with Crippen molar-refractivity contribution in [1.29, 1.82) is 0 Å². The van der Waals surface area contributed by atoms with E-state index < -0.39 is 0 Å². The molecular weight excluding hydrogens is 228 g/mol. The SMILES string of the molecule is CC1CC=Cc2cc3cc4ccccc4cc3cc21. The first-order valence-corrected chi connectivity index (χ1v) is 6.94. The highest BCUT2D eigenvalue weighted by atomic mass is 14.2. The third-order valence-corrected chi connectivity index (χ3v) is 4.22. The van der Waals surface area contributed by atoms with Gasteiger partial charge in [0.05, 0.1) is 0 Å². The summed E-state index contributed by atoms with van der Waals surface area (Å²) in [6.45, 7) is 2.31. The van der Waals surface area contributed by atoms with Crippen molar-refractivity contribution in [3.05, 3.63) is 65.7 Å². The van der Waals surface area contributed by atoms with Gasteiger partial charge in [0.1, 0.15) is 0 Å². The highest BCUT2D eigenvalue weighted by Gasteiger charge is 2.13. The third-order valence-electron chi connectivity index (χ3n) is 4.22. The Hall–Kier alpha value is -2.08. The molecular formula is C19H16. The average Bonchev–Trinajstić information content (AvgIpc) is 2.44. The van der Waals surface area contributed by atoms with E-state index in [9.17, 15) is 0 Å². The van der Waals surface area contributed by atoms with Crippen molar-refractivity contribution in [1.82, 2.24) is 0 Å². The minimum Gasteiger partial charge on any atom is -0.0833 e. The van der Waals surface area contributed by atoms with E-state index in [0.29, 0.717) is 5.92 Å². The van der Waals surface area contributed by atoms with Crippen LogP contribution in [0.4, 0.5) is 0 Å². The number of hydrogen-bond donors (Lipinski definition) is 0. The Kier molecular flexibility index (Phi) is 2.25. The number of hydrogen-bond acceptors (Lipinski definition) is 0. The maximum absolute atomic E-state index is 2.38. The summed E-state index contributed by atoms with van der Waals surface area (Å²) in [5, 5.41) is 5.35. The topological polar surface area (TPSA) is 0 Å². The third kappa shape index (κ3) is 1.67. The summed E-state index contributed by atoms with van der Waals surface area (Å²) in [5.41, 5.74) is 2.88. The maximum Gasteiger partial charge on any atom is -0.0150 e. The quantitative estimate of drug-likeness (QED) is 0.457.